The molecule has 0 spiro atoms. The number of hydrogen-bond donors (Lipinski definition) is 1. The van der Waals surface area contributed by atoms with E-state index in [1.165, 1.54) is 17.0 Å². The fourth-order valence-corrected chi connectivity index (χ4v) is 7.38. The van der Waals surface area contributed by atoms with Gasteiger partial charge in [-0.05, 0) is 60.8 Å². The Bertz CT molecular complexity index is 1040. The number of hydrogen-bond acceptors (Lipinski definition) is 4. The molecule has 1 aromatic carbocycles. The van der Waals surface area contributed by atoms with E-state index < -0.39 is 6.10 Å². The van der Waals surface area contributed by atoms with Crippen molar-refractivity contribution in [3.05, 3.63) is 40.7 Å². The van der Waals surface area contributed by atoms with Crippen LogP contribution in [0.25, 0.3) is 10.6 Å². The number of aliphatic hydroxyl groups is 1. The number of thiazole rings is 1. The highest BCUT2D eigenvalue weighted by atomic mass is 32.1. The van der Waals surface area contributed by atoms with Crippen LogP contribution in [0.1, 0.15) is 50.1 Å². The van der Waals surface area contributed by atoms with Crippen molar-refractivity contribution in [2.24, 2.45) is 23.2 Å². The van der Waals surface area contributed by atoms with Crippen LogP contribution < -0.4 is 0 Å². The van der Waals surface area contributed by atoms with E-state index in [1.807, 2.05) is 6.92 Å². The van der Waals surface area contributed by atoms with Gasteiger partial charge in [-0.15, -0.1) is 17.8 Å². The quantitative estimate of drug-likeness (QED) is 0.680. The molecule has 1 amide bonds. The number of halogens is 1. The highest BCUT2D eigenvalue weighted by Gasteiger charge is 2.54. The molecule has 4 nitrogen and oxygen atoms in total. The first-order valence-corrected chi connectivity index (χ1v) is 12.1. The molecule has 1 heterocycles. The van der Waals surface area contributed by atoms with E-state index in [1.54, 1.807) is 35.4 Å². The Morgan fingerprint density at radius 1 is 1.44 bits per heavy atom. The Morgan fingerprint density at radius 3 is 2.78 bits per heavy atom. The molecule has 0 unspecified atom stereocenters. The zero-order valence-electron chi connectivity index (χ0n) is 19.1. The van der Waals surface area contributed by atoms with Crippen LogP contribution in [0.3, 0.4) is 0 Å². The lowest BCUT2D eigenvalue weighted by Crippen LogP contribution is -2.53. The van der Waals surface area contributed by atoms with E-state index in [0.717, 1.165) is 35.5 Å². The zero-order chi connectivity index (χ0) is 23.2. The Hall–Kier alpha value is -2.23. The number of aromatic nitrogens is 1. The summed E-state index contributed by atoms with van der Waals surface area (Å²) in [5, 5.41) is 12.4. The average Bonchev–Trinajstić information content (AvgIpc) is 3.17. The number of benzene rings is 1. The molecule has 6 atom stereocenters. The summed E-state index contributed by atoms with van der Waals surface area (Å²) in [5.41, 5.74) is 1.92. The molecule has 1 fully saturated rings. The molecule has 1 saturated carbocycles. The largest absolute Gasteiger partial charge is 0.392 e. The molecule has 0 aliphatic heterocycles. The van der Waals surface area contributed by atoms with Crippen LogP contribution in [0.4, 0.5) is 4.39 Å². The van der Waals surface area contributed by atoms with Crippen molar-refractivity contribution >= 4 is 17.2 Å². The molecular weight excluding hydrogens is 423 g/mol. The van der Waals surface area contributed by atoms with Crippen LogP contribution in [0.2, 0.25) is 0 Å². The van der Waals surface area contributed by atoms with Gasteiger partial charge in [0, 0.05) is 29.3 Å². The van der Waals surface area contributed by atoms with E-state index in [4.69, 9.17) is 11.4 Å². The Morgan fingerprint density at radius 2 is 2.12 bits per heavy atom. The number of terminal acetylenes is 1. The van der Waals surface area contributed by atoms with Crippen molar-refractivity contribution in [2.45, 2.75) is 52.1 Å². The van der Waals surface area contributed by atoms with Crippen LogP contribution in [0.5, 0.6) is 0 Å². The maximum atomic E-state index is 13.4. The van der Waals surface area contributed by atoms with Crippen molar-refractivity contribution in [1.82, 2.24) is 9.88 Å². The topological polar surface area (TPSA) is 53.4 Å². The fourth-order valence-electron chi connectivity index (χ4n) is 6.01. The Labute approximate surface area is 193 Å². The number of fused-ring (bicyclic) bond motifs is 2. The van der Waals surface area contributed by atoms with Crippen molar-refractivity contribution in [1.29, 1.82) is 0 Å². The Balaban J connectivity index is 1.61. The van der Waals surface area contributed by atoms with Gasteiger partial charge in [-0.2, -0.15) is 0 Å². The van der Waals surface area contributed by atoms with Crippen LogP contribution >= 0.6 is 11.3 Å². The fraction of sp³-hybridized carbons (Fsp3) is 0.538. The van der Waals surface area contributed by atoms with Crippen molar-refractivity contribution in [2.75, 3.05) is 13.6 Å². The molecule has 0 bridgehead atoms. The van der Waals surface area contributed by atoms with E-state index >= 15 is 0 Å². The number of nitrogens with zero attached hydrogens (tertiary/aromatic N) is 2. The van der Waals surface area contributed by atoms with Gasteiger partial charge in [-0.3, -0.25) is 4.79 Å². The third-order valence-electron chi connectivity index (χ3n) is 7.75. The van der Waals surface area contributed by atoms with Crippen molar-refractivity contribution in [3.63, 3.8) is 0 Å². The summed E-state index contributed by atoms with van der Waals surface area (Å²) in [4.78, 5) is 20.6. The highest BCUT2D eigenvalue weighted by Crippen LogP contribution is 2.57. The predicted octanol–water partition coefficient (Wildman–Crippen LogP) is 4.73. The van der Waals surface area contributed by atoms with Gasteiger partial charge in [0.25, 0.3) is 0 Å². The molecule has 0 saturated heterocycles. The molecular formula is C26H31FN2O2S. The summed E-state index contributed by atoms with van der Waals surface area (Å²) >= 11 is 1.68. The number of carbonyl (C=O) groups excluding carboxylic acids is 1. The first kappa shape index (κ1) is 22.9. The molecule has 32 heavy (non-hydrogen) atoms. The lowest BCUT2D eigenvalue weighted by molar-refractivity contribution is -0.142. The summed E-state index contributed by atoms with van der Waals surface area (Å²) in [6, 6.07) is 6.46. The summed E-state index contributed by atoms with van der Waals surface area (Å²) in [5.74, 6) is 1.99. The van der Waals surface area contributed by atoms with Gasteiger partial charge in [0.05, 0.1) is 18.3 Å². The van der Waals surface area contributed by atoms with Crippen LogP contribution in [0.15, 0.2) is 24.3 Å². The van der Waals surface area contributed by atoms with E-state index in [2.05, 4.69) is 19.8 Å². The number of amides is 1. The summed E-state index contributed by atoms with van der Waals surface area (Å²) in [6.45, 7) is 6.61. The molecule has 2 aromatic rings. The molecule has 0 radical (unpaired) electrons. The number of aliphatic hydroxyl groups excluding tert-OH is 1. The van der Waals surface area contributed by atoms with E-state index in [-0.39, 0.29) is 47.4 Å². The molecule has 170 valence electrons. The SMILES string of the molecule is C#CCN(C)C(=O)[C@@H](C)[C@H]1CC[C@]2(C)Cc3sc(-c4ccc(F)cc4)nc3[C@H](C)[C@@H]2[C@H]1O. The second kappa shape index (κ2) is 8.61. The predicted molar refractivity (Wildman–Crippen MR) is 126 cm³/mol. The average molecular weight is 455 g/mol. The van der Waals surface area contributed by atoms with Gasteiger partial charge in [-0.1, -0.05) is 26.7 Å². The standard InChI is InChI=1S/C26H31FN2O2S/c1-6-13-29(5)25(31)15(2)19-11-12-26(4)14-20-22(16(3)21(26)23(19)30)28-24(32-20)17-7-9-18(27)10-8-17/h1,7-10,15-16,19,21,23,30H,11-14H2,2-5H3/t15-,16+,19+,21+,23-,26+/m0/s1. The second-order valence-corrected chi connectivity index (χ2v) is 10.9. The lowest BCUT2D eigenvalue weighted by Gasteiger charge is -2.53. The maximum Gasteiger partial charge on any atom is 0.226 e. The van der Waals surface area contributed by atoms with Gasteiger partial charge in [0.1, 0.15) is 10.8 Å². The van der Waals surface area contributed by atoms with Gasteiger partial charge in [-0.25, -0.2) is 9.37 Å². The van der Waals surface area contributed by atoms with Gasteiger partial charge >= 0.3 is 0 Å². The van der Waals surface area contributed by atoms with Crippen LogP contribution in [0, 0.1) is 41.3 Å². The highest BCUT2D eigenvalue weighted by molar-refractivity contribution is 7.15. The van der Waals surface area contributed by atoms with Gasteiger partial charge in [0.2, 0.25) is 5.91 Å². The minimum atomic E-state index is -0.578. The summed E-state index contributed by atoms with van der Waals surface area (Å²) in [7, 11) is 1.72. The minimum Gasteiger partial charge on any atom is -0.392 e. The first-order chi connectivity index (χ1) is 15.2. The maximum absolute atomic E-state index is 13.4. The summed E-state index contributed by atoms with van der Waals surface area (Å²) < 4.78 is 13.4. The van der Waals surface area contributed by atoms with Gasteiger partial charge < -0.3 is 10.0 Å². The summed E-state index contributed by atoms with van der Waals surface area (Å²) in [6.07, 6.45) is 7.45. The molecule has 6 heteroatoms. The van der Waals surface area contributed by atoms with Crippen molar-refractivity contribution in [3.8, 4) is 22.9 Å². The van der Waals surface area contributed by atoms with E-state index in [0.29, 0.717) is 0 Å². The zero-order valence-corrected chi connectivity index (χ0v) is 20.0. The molecule has 2 aliphatic rings. The molecule has 2 aliphatic carbocycles. The van der Waals surface area contributed by atoms with Crippen LogP contribution in [-0.4, -0.2) is 40.6 Å². The van der Waals surface area contributed by atoms with Crippen molar-refractivity contribution < 1.29 is 14.3 Å². The van der Waals surface area contributed by atoms with Gasteiger partial charge in [0.15, 0.2) is 0 Å². The number of carbonyl (C=O) groups is 1. The second-order valence-electron chi connectivity index (χ2n) is 9.86. The molecule has 1 N–H and O–H groups in total. The monoisotopic (exact) mass is 454 g/mol. The number of rotatable bonds is 4. The molecule has 1 aromatic heterocycles. The third kappa shape index (κ3) is 3.86. The Kier molecular flexibility index (Phi) is 6.17. The minimum absolute atomic E-state index is 0.00740. The lowest BCUT2D eigenvalue weighted by atomic mass is 9.53. The first-order valence-electron chi connectivity index (χ1n) is 11.3. The van der Waals surface area contributed by atoms with E-state index in [9.17, 15) is 14.3 Å². The normalized spacial score (nSPS) is 30.0. The van der Waals surface area contributed by atoms with Crippen LogP contribution in [-0.2, 0) is 11.2 Å². The molecule has 4 rings (SSSR count). The smallest absolute Gasteiger partial charge is 0.226 e. The third-order valence-corrected chi connectivity index (χ3v) is 8.87.